The Morgan fingerprint density at radius 3 is 2.86 bits per heavy atom. The summed E-state index contributed by atoms with van der Waals surface area (Å²) < 4.78 is 0.604. The lowest BCUT2D eigenvalue weighted by Crippen LogP contribution is -2.22. The largest absolute Gasteiger partial charge is 0.369 e. The van der Waals surface area contributed by atoms with E-state index >= 15 is 0 Å². The third-order valence-corrected chi connectivity index (χ3v) is 4.10. The zero-order chi connectivity index (χ0) is 15.1. The zero-order valence-corrected chi connectivity index (χ0v) is 14.1. The molecular weight excluding hydrogens is 379 g/mol. The van der Waals surface area contributed by atoms with Crippen LogP contribution in [0.5, 0.6) is 0 Å². The molecule has 1 heterocycles. The second kappa shape index (κ2) is 8.14. The van der Waals surface area contributed by atoms with Crippen molar-refractivity contribution in [3.8, 4) is 0 Å². The molecule has 1 aromatic heterocycles. The van der Waals surface area contributed by atoms with Gasteiger partial charge in [-0.1, -0.05) is 30.3 Å². The highest BCUT2D eigenvalue weighted by atomic mass is 127. The Morgan fingerprint density at radius 2 is 2.10 bits per heavy atom. The molecule has 0 fully saturated rings. The summed E-state index contributed by atoms with van der Waals surface area (Å²) in [5, 5.41) is 3.21. The molecule has 0 radical (unpaired) electrons. The molecule has 1 aromatic carbocycles. The minimum absolute atomic E-state index is 0.103. The number of rotatable bonds is 7. The summed E-state index contributed by atoms with van der Waals surface area (Å²) in [5.41, 5.74) is 1.22. The number of nitrogens with zero attached hydrogens (tertiary/aromatic N) is 2. The van der Waals surface area contributed by atoms with E-state index in [0.717, 1.165) is 26.1 Å². The summed E-state index contributed by atoms with van der Waals surface area (Å²) in [6, 6.07) is 10.4. The molecule has 0 atom stereocenters. The molecule has 0 spiro atoms. The van der Waals surface area contributed by atoms with Crippen molar-refractivity contribution in [3.63, 3.8) is 0 Å². The summed E-state index contributed by atoms with van der Waals surface area (Å²) in [7, 11) is 2.11. The third-order valence-electron chi connectivity index (χ3n) is 3.10. The van der Waals surface area contributed by atoms with Gasteiger partial charge in [0.2, 0.25) is 0 Å². The maximum absolute atomic E-state index is 11.4. The molecule has 112 valence electrons. The third kappa shape index (κ3) is 5.13. The van der Waals surface area contributed by atoms with Gasteiger partial charge in [0.05, 0.1) is 6.33 Å². The van der Waals surface area contributed by atoms with E-state index in [0.29, 0.717) is 9.39 Å². The topological polar surface area (TPSA) is 61.0 Å². The van der Waals surface area contributed by atoms with Gasteiger partial charge < -0.3 is 15.2 Å². The van der Waals surface area contributed by atoms with Crippen LogP contribution >= 0.6 is 22.6 Å². The average molecular weight is 398 g/mol. The normalized spacial score (nSPS) is 10.8. The minimum atomic E-state index is -0.103. The van der Waals surface area contributed by atoms with Gasteiger partial charge in [0.1, 0.15) is 9.39 Å². The molecule has 0 aliphatic rings. The van der Waals surface area contributed by atoms with Crippen molar-refractivity contribution < 1.29 is 0 Å². The molecule has 0 saturated carbocycles. The van der Waals surface area contributed by atoms with E-state index in [1.54, 1.807) is 0 Å². The number of halogens is 1. The van der Waals surface area contributed by atoms with Crippen LogP contribution in [0.15, 0.2) is 41.5 Å². The first-order chi connectivity index (χ1) is 10.2. The Kier molecular flexibility index (Phi) is 6.19. The fourth-order valence-electron chi connectivity index (χ4n) is 2.04. The van der Waals surface area contributed by atoms with Gasteiger partial charge in [0.15, 0.2) is 0 Å². The SMILES string of the molecule is CN(CCCNc1nc[nH]c(=O)c1I)Cc1ccccc1. The molecule has 2 N–H and O–H groups in total. The molecule has 21 heavy (non-hydrogen) atoms. The molecule has 6 heteroatoms. The van der Waals surface area contributed by atoms with Gasteiger partial charge in [0.25, 0.3) is 5.56 Å². The second-order valence-corrected chi connectivity index (χ2v) is 5.98. The van der Waals surface area contributed by atoms with Crippen molar-refractivity contribution in [2.45, 2.75) is 13.0 Å². The number of hydrogen-bond donors (Lipinski definition) is 2. The molecule has 0 bridgehead atoms. The van der Waals surface area contributed by atoms with Crippen LogP contribution in [-0.4, -0.2) is 35.0 Å². The van der Waals surface area contributed by atoms with Crippen molar-refractivity contribution in [2.24, 2.45) is 0 Å². The highest BCUT2D eigenvalue weighted by Crippen LogP contribution is 2.08. The van der Waals surface area contributed by atoms with Gasteiger partial charge in [0, 0.05) is 13.1 Å². The van der Waals surface area contributed by atoms with Crippen LogP contribution < -0.4 is 10.9 Å². The number of hydrogen-bond acceptors (Lipinski definition) is 4. The van der Waals surface area contributed by atoms with Gasteiger partial charge in [-0.05, 0) is 48.2 Å². The number of anilines is 1. The summed E-state index contributed by atoms with van der Waals surface area (Å²) >= 11 is 2.01. The van der Waals surface area contributed by atoms with Crippen LogP contribution in [0.4, 0.5) is 5.82 Å². The highest BCUT2D eigenvalue weighted by molar-refractivity contribution is 14.1. The monoisotopic (exact) mass is 398 g/mol. The van der Waals surface area contributed by atoms with E-state index < -0.39 is 0 Å². The molecule has 0 saturated heterocycles. The fraction of sp³-hybridized carbons (Fsp3) is 0.333. The van der Waals surface area contributed by atoms with Gasteiger partial charge >= 0.3 is 0 Å². The Bertz CT molecular complexity index is 615. The number of nitrogens with one attached hydrogen (secondary N) is 2. The smallest absolute Gasteiger partial charge is 0.266 e. The summed E-state index contributed by atoms with van der Waals surface area (Å²) in [5.74, 6) is 0.657. The lowest BCUT2D eigenvalue weighted by molar-refractivity contribution is 0.325. The Balaban J connectivity index is 1.72. The summed E-state index contributed by atoms with van der Waals surface area (Å²) in [4.78, 5) is 20.4. The molecular formula is C15H19IN4O. The first-order valence-electron chi connectivity index (χ1n) is 6.86. The fourth-order valence-corrected chi connectivity index (χ4v) is 2.52. The first kappa shape index (κ1) is 16.0. The molecule has 2 rings (SSSR count). The molecule has 0 unspecified atom stereocenters. The van der Waals surface area contributed by atoms with Crippen LogP contribution in [0.1, 0.15) is 12.0 Å². The number of aromatic nitrogens is 2. The first-order valence-corrected chi connectivity index (χ1v) is 7.94. The highest BCUT2D eigenvalue weighted by Gasteiger charge is 2.04. The quantitative estimate of drug-likeness (QED) is 0.555. The van der Waals surface area contributed by atoms with E-state index in [9.17, 15) is 4.79 Å². The lowest BCUT2D eigenvalue weighted by atomic mass is 10.2. The Labute approximate surface area is 137 Å². The van der Waals surface area contributed by atoms with E-state index in [1.165, 1.54) is 11.9 Å². The van der Waals surface area contributed by atoms with Gasteiger partial charge in [-0.3, -0.25) is 4.79 Å². The second-order valence-electron chi connectivity index (χ2n) is 4.90. The summed E-state index contributed by atoms with van der Waals surface area (Å²) in [6.45, 7) is 2.73. The van der Waals surface area contributed by atoms with Gasteiger partial charge in [-0.15, -0.1) is 0 Å². The molecule has 0 aliphatic heterocycles. The number of aromatic amines is 1. The van der Waals surface area contributed by atoms with Crippen molar-refractivity contribution >= 4 is 28.4 Å². The number of benzene rings is 1. The van der Waals surface area contributed by atoms with Crippen LogP contribution in [0.3, 0.4) is 0 Å². The predicted molar refractivity (Wildman–Crippen MR) is 93.5 cm³/mol. The van der Waals surface area contributed by atoms with E-state index in [-0.39, 0.29) is 5.56 Å². The van der Waals surface area contributed by atoms with Crippen LogP contribution in [0, 0.1) is 3.57 Å². The molecule has 5 nitrogen and oxygen atoms in total. The van der Waals surface area contributed by atoms with Crippen LogP contribution in [0.2, 0.25) is 0 Å². The van der Waals surface area contributed by atoms with Crippen molar-refractivity contribution in [1.82, 2.24) is 14.9 Å². The summed E-state index contributed by atoms with van der Waals surface area (Å²) in [6.07, 6.45) is 2.42. The Morgan fingerprint density at radius 1 is 1.33 bits per heavy atom. The van der Waals surface area contributed by atoms with Crippen LogP contribution in [-0.2, 0) is 6.54 Å². The standard InChI is InChI=1S/C15H19IN4O/c1-20(10-12-6-3-2-4-7-12)9-5-8-17-14-13(16)15(21)19-11-18-14/h2-4,6-7,11H,5,8-10H2,1H3,(H2,17,18,19,21). The minimum Gasteiger partial charge on any atom is -0.369 e. The van der Waals surface area contributed by atoms with E-state index in [2.05, 4.69) is 51.5 Å². The molecule has 0 amide bonds. The van der Waals surface area contributed by atoms with Crippen molar-refractivity contribution in [3.05, 3.63) is 56.1 Å². The lowest BCUT2D eigenvalue weighted by Gasteiger charge is -2.17. The van der Waals surface area contributed by atoms with Gasteiger partial charge in [-0.25, -0.2) is 4.98 Å². The van der Waals surface area contributed by atoms with E-state index in [4.69, 9.17) is 0 Å². The Hall–Kier alpha value is -1.41. The van der Waals surface area contributed by atoms with Crippen LogP contribution in [0.25, 0.3) is 0 Å². The van der Waals surface area contributed by atoms with E-state index in [1.807, 2.05) is 28.7 Å². The van der Waals surface area contributed by atoms with Crippen molar-refractivity contribution in [1.29, 1.82) is 0 Å². The average Bonchev–Trinajstić information content (AvgIpc) is 2.49. The number of H-pyrrole nitrogens is 1. The van der Waals surface area contributed by atoms with Crippen molar-refractivity contribution in [2.75, 3.05) is 25.5 Å². The maximum Gasteiger partial charge on any atom is 0.266 e. The molecule has 0 aliphatic carbocycles. The maximum atomic E-state index is 11.4. The molecule has 2 aromatic rings. The predicted octanol–water partition coefficient (Wildman–Crippen LogP) is 2.31. The zero-order valence-electron chi connectivity index (χ0n) is 12.0. The van der Waals surface area contributed by atoms with Gasteiger partial charge in [-0.2, -0.15) is 0 Å².